The van der Waals surface area contributed by atoms with E-state index in [0.717, 1.165) is 25.3 Å². The van der Waals surface area contributed by atoms with Crippen LogP contribution in [-0.2, 0) is 0 Å². The van der Waals surface area contributed by atoms with Crippen LogP contribution < -0.4 is 20.8 Å². The SMILES string of the molecule is CC.CC(C)C#N.COc1c(N2CCC(C(C)N)C2)c(F)cc2c(=O)c(C(=O)O)cn(C3CC3)c12. The first-order valence-electron chi connectivity index (χ1n) is 12.2. The highest BCUT2D eigenvalue weighted by molar-refractivity contribution is 5.97. The summed E-state index contributed by atoms with van der Waals surface area (Å²) in [6.45, 7) is 10.9. The van der Waals surface area contributed by atoms with E-state index in [2.05, 4.69) is 0 Å². The molecule has 2 fully saturated rings. The molecule has 1 saturated carbocycles. The van der Waals surface area contributed by atoms with Crippen LogP contribution in [-0.4, -0.2) is 41.9 Å². The van der Waals surface area contributed by atoms with E-state index in [1.54, 1.807) is 4.57 Å². The summed E-state index contributed by atoms with van der Waals surface area (Å²) in [6.07, 6.45) is 3.97. The van der Waals surface area contributed by atoms with Crippen LogP contribution in [0.1, 0.15) is 70.3 Å². The molecule has 2 aliphatic rings. The van der Waals surface area contributed by atoms with Crippen LogP contribution >= 0.6 is 0 Å². The maximum Gasteiger partial charge on any atom is 0.341 e. The number of methoxy groups -OCH3 is 1. The van der Waals surface area contributed by atoms with E-state index in [1.807, 2.05) is 45.6 Å². The summed E-state index contributed by atoms with van der Waals surface area (Å²) in [4.78, 5) is 26.1. The van der Waals surface area contributed by atoms with Gasteiger partial charge in [0.15, 0.2) is 11.6 Å². The lowest BCUT2D eigenvalue weighted by molar-refractivity contribution is 0.0694. The Bertz CT molecular complexity index is 1150. The van der Waals surface area contributed by atoms with Crippen molar-refractivity contribution in [3.63, 3.8) is 0 Å². The van der Waals surface area contributed by atoms with Crippen molar-refractivity contribution in [1.82, 2.24) is 4.57 Å². The van der Waals surface area contributed by atoms with E-state index in [9.17, 15) is 14.7 Å². The fourth-order valence-electron chi connectivity index (χ4n) is 4.14. The molecule has 2 aromatic rings. The standard InChI is InChI=1S/C20H24FN3O4.C4H7N.C2H6/c1-10(22)11-5-6-23(8-11)17-15(21)7-13-16(19(17)28-2)24(12-3-4-12)9-14(18(13)25)20(26)27;1-4(2)3-5;1-2/h7,9-12H,3-6,8,22H2,1-2H3,(H,26,27);4H,1-2H3;1-2H3. The first kappa shape index (κ1) is 28.1. The minimum Gasteiger partial charge on any atom is -0.492 e. The second-order valence-electron chi connectivity index (χ2n) is 9.09. The number of nitrogens with zero attached hydrogens (tertiary/aromatic N) is 3. The Hall–Kier alpha value is -3.12. The second kappa shape index (κ2) is 12.0. The number of halogens is 1. The van der Waals surface area contributed by atoms with Gasteiger partial charge in [0.1, 0.15) is 11.3 Å². The number of hydrogen-bond donors (Lipinski definition) is 2. The average molecular weight is 489 g/mol. The van der Waals surface area contributed by atoms with Crippen molar-refractivity contribution in [2.24, 2.45) is 17.6 Å². The van der Waals surface area contributed by atoms with E-state index >= 15 is 4.39 Å². The Labute approximate surface area is 206 Å². The highest BCUT2D eigenvalue weighted by atomic mass is 19.1. The van der Waals surface area contributed by atoms with Crippen LogP contribution in [0.3, 0.4) is 0 Å². The van der Waals surface area contributed by atoms with Crippen molar-refractivity contribution in [3.8, 4) is 11.8 Å². The molecule has 1 aromatic heterocycles. The zero-order chi connectivity index (χ0) is 26.4. The van der Waals surface area contributed by atoms with Gasteiger partial charge in [-0.2, -0.15) is 5.26 Å². The lowest BCUT2D eigenvalue weighted by Crippen LogP contribution is -2.30. The maximum absolute atomic E-state index is 15.2. The van der Waals surface area contributed by atoms with Gasteiger partial charge >= 0.3 is 5.97 Å². The van der Waals surface area contributed by atoms with Gasteiger partial charge in [0.2, 0.25) is 5.43 Å². The number of nitrogens with two attached hydrogens (primary N) is 1. The molecule has 0 spiro atoms. The summed E-state index contributed by atoms with van der Waals surface area (Å²) in [5.41, 5.74) is 5.74. The minimum absolute atomic E-state index is 0.00211. The van der Waals surface area contributed by atoms with Gasteiger partial charge in [0, 0.05) is 37.3 Å². The van der Waals surface area contributed by atoms with Crippen LogP contribution in [0.4, 0.5) is 10.1 Å². The number of anilines is 1. The molecule has 9 heteroatoms. The zero-order valence-electron chi connectivity index (χ0n) is 21.5. The molecule has 2 heterocycles. The number of hydrogen-bond acceptors (Lipinski definition) is 6. The van der Waals surface area contributed by atoms with Gasteiger partial charge in [-0.25, -0.2) is 9.18 Å². The Balaban J connectivity index is 0.000000551. The maximum atomic E-state index is 15.2. The third kappa shape index (κ3) is 6.12. The normalized spacial score (nSPS) is 17.7. The van der Waals surface area contributed by atoms with Crippen LogP contribution in [0, 0.1) is 29.0 Å². The summed E-state index contributed by atoms with van der Waals surface area (Å²) in [7, 11) is 1.45. The first-order chi connectivity index (χ1) is 16.6. The van der Waals surface area contributed by atoms with Gasteiger partial charge in [-0.05, 0) is 52.0 Å². The largest absolute Gasteiger partial charge is 0.492 e. The lowest BCUT2D eigenvalue weighted by atomic mass is 10.0. The predicted octanol–water partition coefficient (Wildman–Crippen LogP) is 4.55. The molecule has 3 N–H and O–H groups in total. The fourth-order valence-corrected chi connectivity index (χ4v) is 4.14. The number of carboxylic acid groups (broad SMARTS) is 1. The summed E-state index contributed by atoms with van der Waals surface area (Å²) in [5, 5.41) is 17.3. The highest BCUT2D eigenvalue weighted by Gasteiger charge is 2.33. The molecule has 192 valence electrons. The molecule has 1 aromatic carbocycles. The molecule has 1 saturated heterocycles. The van der Waals surface area contributed by atoms with E-state index in [4.69, 9.17) is 15.7 Å². The van der Waals surface area contributed by atoms with Crippen LogP contribution in [0.15, 0.2) is 17.1 Å². The van der Waals surface area contributed by atoms with Gasteiger partial charge < -0.3 is 25.0 Å². The van der Waals surface area contributed by atoms with Gasteiger partial charge in [0.05, 0.1) is 24.1 Å². The smallest absolute Gasteiger partial charge is 0.341 e. The topological polar surface area (TPSA) is 122 Å². The van der Waals surface area contributed by atoms with Gasteiger partial charge in [-0.3, -0.25) is 4.79 Å². The molecule has 0 bridgehead atoms. The van der Waals surface area contributed by atoms with Crippen molar-refractivity contribution in [2.45, 2.75) is 66.0 Å². The average Bonchev–Trinajstić information content (AvgIpc) is 3.56. The number of benzene rings is 1. The number of aromatic carboxylic acids is 1. The number of carboxylic acids is 1. The van der Waals surface area contributed by atoms with Gasteiger partial charge in [-0.1, -0.05) is 13.8 Å². The number of carbonyl (C=O) groups is 1. The monoisotopic (exact) mass is 488 g/mol. The fraction of sp³-hybridized carbons (Fsp3) is 0.577. The molecular weight excluding hydrogens is 451 g/mol. The molecular formula is C26H37FN4O4. The lowest BCUT2D eigenvalue weighted by Gasteiger charge is -2.25. The van der Waals surface area contributed by atoms with Gasteiger partial charge in [-0.15, -0.1) is 0 Å². The molecule has 1 aliphatic carbocycles. The van der Waals surface area contributed by atoms with Crippen molar-refractivity contribution < 1.29 is 19.0 Å². The number of pyridine rings is 1. The molecule has 2 atom stereocenters. The van der Waals surface area contributed by atoms with Crippen molar-refractivity contribution in [2.75, 3.05) is 25.1 Å². The summed E-state index contributed by atoms with van der Waals surface area (Å²) >= 11 is 0. The van der Waals surface area contributed by atoms with Crippen LogP contribution in [0.2, 0.25) is 0 Å². The van der Waals surface area contributed by atoms with Crippen molar-refractivity contribution in [1.29, 1.82) is 5.26 Å². The molecule has 0 radical (unpaired) electrons. The third-order valence-corrected chi connectivity index (χ3v) is 6.12. The number of ether oxygens (including phenoxy) is 1. The van der Waals surface area contributed by atoms with E-state index in [0.29, 0.717) is 24.3 Å². The van der Waals surface area contributed by atoms with E-state index in [1.165, 1.54) is 13.3 Å². The Kier molecular flexibility index (Phi) is 9.66. The van der Waals surface area contributed by atoms with E-state index < -0.39 is 17.2 Å². The molecule has 0 amide bonds. The van der Waals surface area contributed by atoms with Crippen molar-refractivity contribution in [3.05, 3.63) is 33.9 Å². The summed E-state index contributed by atoms with van der Waals surface area (Å²) in [6, 6.07) is 3.27. The quantitative estimate of drug-likeness (QED) is 0.633. The number of nitriles is 1. The zero-order valence-corrected chi connectivity index (χ0v) is 21.5. The Morgan fingerprint density at radius 1 is 1.29 bits per heavy atom. The summed E-state index contributed by atoms with van der Waals surface area (Å²) < 4.78 is 22.5. The Morgan fingerprint density at radius 3 is 2.31 bits per heavy atom. The number of fused-ring (bicyclic) bond motifs is 1. The van der Waals surface area contributed by atoms with Gasteiger partial charge in [0.25, 0.3) is 0 Å². The summed E-state index contributed by atoms with van der Waals surface area (Å²) in [5.74, 6) is -1.18. The minimum atomic E-state index is -1.32. The Morgan fingerprint density at radius 2 is 1.89 bits per heavy atom. The third-order valence-electron chi connectivity index (χ3n) is 6.12. The van der Waals surface area contributed by atoms with E-state index in [-0.39, 0.29) is 40.6 Å². The highest BCUT2D eigenvalue weighted by Crippen LogP contribution is 2.44. The molecule has 35 heavy (non-hydrogen) atoms. The predicted molar refractivity (Wildman–Crippen MR) is 136 cm³/mol. The molecule has 8 nitrogen and oxygen atoms in total. The van der Waals surface area contributed by atoms with Crippen LogP contribution in [0.5, 0.6) is 5.75 Å². The molecule has 1 aliphatic heterocycles. The molecule has 4 rings (SSSR count). The number of rotatable bonds is 5. The van der Waals surface area contributed by atoms with Crippen molar-refractivity contribution >= 4 is 22.6 Å². The first-order valence-corrected chi connectivity index (χ1v) is 12.2. The molecule has 2 unspecified atom stereocenters. The number of aromatic nitrogens is 1. The second-order valence-corrected chi connectivity index (χ2v) is 9.09. The van der Waals surface area contributed by atoms with Crippen LogP contribution in [0.25, 0.3) is 10.9 Å².